The lowest BCUT2D eigenvalue weighted by atomic mass is 10.1. The van der Waals surface area contributed by atoms with Crippen LogP contribution in [-0.4, -0.2) is 32.7 Å². The zero-order valence-corrected chi connectivity index (χ0v) is 13.3. The smallest absolute Gasteiger partial charge is 0.191 e. The number of guanidine groups is 1. The zero-order chi connectivity index (χ0) is 16.3. The van der Waals surface area contributed by atoms with E-state index in [1.54, 1.807) is 19.2 Å². The van der Waals surface area contributed by atoms with E-state index >= 15 is 0 Å². The molecule has 0 amide bonds. The Morgan fingerprint density at radius 1 is 1.00 bits per heavy atom. The van der Waals surface area contributed by atoms with E-state index in [9.17, 15) is 4.39 Å². The molecule has 0 atom stereocenters. The van der Waals surface area contributed by atoms with E-state index in [1.807, 2.05) is 30.3 Å². The molecule has 0 aliphatic carbocycles. The summed E-state index contributed by atoms with van der Waals surface area (Å²) in [5.74, 6) is 1.37. The molecule has 4 nitrogen and oxygen atoms in total. The first-order valence-electron chi connectivity index (χ1n) is 7.65. The minimum Gasteiger partial charge on any atom is -0.492 e. The van der Waals surface area contributed by atoms with E-state index in [2.05, 4.69) is 15.6 Å². The highest BCUT2D eigenvalue weighted by atomic mass is 19.1. The number of nitrogens with zero attached hydrogens (tertiary/aromatic N) is 1. The van der Waals surface area contributed by atoms with Gasteiger partial charge in [-0.1, -0.05) is 30.3 Å². The lowest BCUT2D eigenvalue weighted by Gasteiger charge is -2.12. The van der Waals surface area contributed by atoms with E-state index in [0.717, 1.165) is 30.2 Å². The molecule has 0 aromatic heterocycles. The van der Waals surface area contributed by atoms with Crippen LogP contribution in [0.2, 0.25) is 0 Å². The van der Waals surface area contributed by atoms with Crippen LogP contribution in [0, 0.1) is 5.82 Å². The summed E-state index contributed by atoms with van der Waals surface area (Å²) in [4.78, 5) is 4.16. The number of hydrogen-bond acceptors (Lipinski definition) is 2. The third-order valence-corrected chi connectivity index (χ3v) is 3.25. The van der Waals surface area contributed by atoms with Crippen LogP contribution >= 0.6 is 0 Å². The summed E-state index contributed by atoms with van der Waals surface area (Å²) in [7, 11) is 1.73. The third-order valence-electron chi connectivity index (χ3n) is 3.25. The summed E-state index contributed by atoms with van der Waals surface area (Å²) in [5, 5.41) is 6.41. The summed E-state index contributed by atoms with van der Waals surface area (Å²) in [6, 6.07) is 16.2. The predicted octanol–water partition coefficient (Wildman–Crippen LogP) is 2.61. The molecule has 0 aliphatic rings. The number of benzene rings is 2. The molecule has 0 spiro atoms. The summed E-state index contributed by atoms with van der Waals surface area (Å²) in [5.41, 5.74) is 1.08. The fraction of sp³-hybridized carbons (Fsp3) is 0.278. The second kappa shape index (κ2) is 9.46. The molecule has 0 unspecified atom stereocenters. The number of aliphatic imine (C=N–C) groups is 1. The van der Waals surface area contributed by atoms with Gasteiger partial charge >= 0.3 is 0 Å². The molecule has 0 aliphatic heterocycles. The Morgan fingerprint density at radius 3 is 2.39 bits per heavy atom. The Labute approximate surface area is 136 Å². The van der Waals surface area contributed by atoms with Gasteiger partial charge in [-0.25, -0.2) is 4.39 Å². The minimum absolute atomic E-state index is 0.211. The Kier molecular flexibility index (Phi) is 6.91. The number of para-hydroxylation sites is 1. The van der Waals surface area contributed by atoms with Gasteiger partial charge in [0.2, 0.25) is 0 Å². The summed E-state index contributed by atoms with van der Waals surface area (Å²) in [6.07, 6.45) is 0.807. The summed E-state index contributed by atoms with van der Waals surface area (Å²) >= 11 is 0. The lowest BCUT2D eigenvalue weighted by molar-refractivity contribution is 0.322. The summed E-state index contributed by atoms with van der Waals surface area (Å²) < 4.78 is 18.4. The van der Waals surface area contributed by atoms with Crippen LogP contribution in [0.1, 0.15) is 5.56 Å². The molecule has 23 heavy (non-hydrogen) atoms. The molecule has 0 radical (unpaired) electrons. The molecule has 2 rings (SSSR count). The molecule has 5 heteroatoms. The number of halogens is 1. The van der Waals surface area contributed by atoms with Crippen LogP contribution < -0.4 is 15.4 Å². The molecule has 0 heterocycles. The monoisotopic (exact) mass is 315 g/mol. The van der Waals surface area contributed by atoms with Gasteiger partial charge in [-0.05, 0) is 36.2 Å². The number of hydrogen-bond donors (Lipinski definition) is 2. The SMILES string of the molecule is CN=C(NCCOc1ccccc1)NCCc1ccc(F)cc1. The maximum atomic E-state index is 12.8. The third kappa shape index (κ3) is 6.38. The largest absolute Gasteiger partial charge is 0.492 e. The zero-order valence-electron chi connectivity index (χ0n) is 13.3. The first-order chi connectivity index (χ1) is 11.3. The van der Waals surface area contributed by atoms with Crippen molar-refractivity contribution in [3.05, 3.63) is 66.0 Å². The fourth-order valence-electron chi connectivity index (χ4n) is 2.05. The maximum absolute atomic E-state index is 12.8. The van der Waals surface area contributed by atoms with Crippen molar-refractivity contribution in [3.8, 4) is 5.75 Å². The minimum atomic E-state index is -0.211. The van der Waals surface area contributed by atoms with Gasteiger partial charge in [0.25, 0.3) is 0 Å². The highest BCUT2D eigenvalue weighted by Gasteiger charge is 1.99. The first-order valence-corrected chi connectivity index (χ1v) is 7.65. The van der Waals surface area contributed by atoms with Crippen molar-refractivity contribution in [2.75, 3.05) is 26.7 Å². The number of ether oxygens (including phenoxy) is 1. The molecule has 0 fully saturated rings. The van der Waals surface area contributed by atoms with Gasteiger partial charge in [0.05, 0.1) is 6.54 Å². The Morgan fingerprint density at radius 2 is 1.70 bits per heavy atom. The number of rotatable bonds is 7. The van der Waals surface area contributed by atoms with E-state index in [1.165, 1.54) is 12.1 Å². The standard InChI is InChI=1S/C18H22FN3O/c1-20-18(21-12-11-15-7-9-16(19)10-8-15)22-13-14-23-17-5-3-2-4-6-17/h2-10H,11-14H2,1H3,(H2,20,21,22). The molecule has 2 aromatic carbocycles. The topological polar surface area (TPSA) is 45.7 Å². The first kappa shape index (κ1) is 16.8. The van der Waals surface area contributed by atoms with Crippen LogP contribution in [0.4, 0.5) is 4.39 Å². The Hall–Kier alpha value is -2.56. The molecule has 0 bridgehead atoms. The van der Waals surface area contributed by atoms with Crippen molar-refractivity contribution in [3.63, 3.8) is 0 Å². The predicted molar refractivity (Wildman–Crippen MR) is 91.4 cm³/mol. The fourth-order valence-corrected chi connectivity index (χ4v) is 2.05. The average Bonchev–Trinajstić information content (AvgIpc) is 2.59. The lowest BCUT2D eigenvalue weighted by Crippen LogP contribution is -2.40. The molecule has 0 saturated heterocycles. The van der Waals surface area contributed by atoms with Crippen LogP contribution in [0.5, 0.6) is 5.75 Å². The molecule has 2 N–H and O–H groups in total. The van der Waals surface area contributed by atoms with Gasteiger partial charge in [0.15, 0.2) is 5.96 Å². The van der Waals surface area contributed by atoms with E-state index in [0.29, 0.717) is 13.2 Å². The van der Waals surface area contributed by atoms with Crippen molar-refractivity contribution in [2.45, 2.75) is 6.42 Å². The van der Waals surface area contributed by atoms with Crippen molar-refractivity contribution >= 4 is 5.96 Å². The Balaban J connectivity index is 1.62. The van der Waals surface area contributed by atoms with Crippen LogP contribution in [0.25, 0.3) is 0 Å². The van der Waals surface area contributed by atoms with Crippen molar-refractivity contribution in [1.82, 2.24) is 10.6 Å². The van der Waals surface area contributed by atoms with Gasteiger partial charge in [-0.15, -0.1) is 0 Å². The molecular formula is C18H22FN3O. The van der Waals surface area contributed by atoms with Crippen molar-refractivity contribution in [2.24, 2.45) is 4.99 Å². The van der Waals surface area contributed by atoms with E-state index < -0.39 is 0 Å². The van der Waals surface area contributed by atoms with E-state index in [4.69, 9.17) is 4.74 Å². The maximum Gasteiger partial charge on any atom is 0.191 e. The van der Waals surface area contributed by atoms with Crippen molar-refractivity contribution < 1.29 is 9.13 Å². The molecule has 122 valence electrons. The normalized spacial score (nSPS) is 11.1. The average molecular weight is 315 g/mol. The van der Waals surface area contributed by atoms with Gasteiger partial charge in [0.1, 0.15) is 18.2 Å². The van der Waals surface area contributed by atoms with Crippen LogP contribution in [0.3, 0.4) is 0 Å². The second-order valence-corrected chi connectivity index (χ2v) is 4.96. The van der Waals surface area contributed by atoms with E-state index in [-0.39, 0.29) is 5.82 Å². The molecule has 0 saturated carbocycles. The van der Waals surface area contributed by atoms with Gasteiger partial charge < -0.3 is 15.4 Å². The Bertz CT molecular complexity index is 599. The van der Waals surface area contributed by atoms with Gasteiger partial charge in [-0.2, -0.15) is 0 Å². The highest BCUT2D eigenvalue weighted by molar-refractivity contribution is 5.79. The van der Waals surface area contributed by atoms with Crippen molar-refractivity contribution in [1.29, 1.82) is 0 Å². The van der Waals surface area contributed by atoms with Gasteiger partial charge in [-0.3, -0.25) is 4.99 Å². The number of nitrogens with one attached hydrogen (secondary N) is 2. The van der Waals surface area contributed by atoms with Crippen LogP contribution in [0.15, 0.2) is 59.6 Å². The summed E-state index contributed by atoms with van der Waals surface area (Å²) in [6.45, 7) is 1.94. The highest BCUT2D eigenvalue weighted by Crippen LogP contribution is 2.07. The molecule has 2 aromatic rings. The van der Waals surface area contributed by atoms with Crippen LogP contribution in [-0.2, 0) is 6.42 Å². The quantitative estimate of drug-likeness (QED) is 0.469. The van der Waals surface area contributed by atoms with Gasteiger partial charge in [0, 0.05) is 13.6 Å². The second-order valence-electron chi connectivity index (χ2n) is 4.96. The molecular weight excluding hydrogens is 293 g/mol.